The summed E-state index contributed by atoms with van der Waals surface area (Å²) in [4.78, 5) is 9.16. The third-order valence-corrected chi connectivity index (χ3v) is 3.77. The smallest absolute Gasteiger partial charge is 0.145 e. The molecule has 0 aliphatic carbocycles. The fraction of sp³-hybridized carbons (Fsp3) is 0.182. The van der Waals surface area contributed by atoms with Crippen LogP contribution in [0, 0.1) is 11.3 Å². The van der Waals surface area contributed by atoms with E-state index in [1.54, 1.807) is 17.4 Å². The van der Waals surface area contributed by atoms with Crippen molar-refractivity contribution in [3.63, 3.8) is 0 Å². The number of nitrogens with one attached hydrogen (secondary N) is 1. The predicted molar refractivity (Wildman–Crippen MR) is 71.0 cm³/mol. The Morgan fingerprint density at radius 1 is 1.41 bits per heavy atom. The van der Waals surface area contributed by atoms with Gasteiger partial charge in [-0.1, -0.05) is 0 Å². The van der Waals surface area contributed by atoms with E-state index >= 15 is 0 Å². The normalized spacial score (nSPS) is 9.88. The number of anilines is 1. The van der Waals surface area contributed by atoms with E-state index in [0.29, 0.717) is 11.5 Å². The fourth-order valence-corrected chi connectivity index (χ4v) is 2.80. The molecule has 0 bridgehead atoms. The molecule has 6 heteroatoms. The van der Waals surface area contributed by atoms with E-state index in [1.165, 1.54) is 11.2 Å². The fourth-order valence-electron chi connectivity index (χ4n) is 1.31. The summed E-state index contributed by atoms with van der Waals surface area (Å²) in [5.41, 5.74) is 0.376. The SMILES string of the molecule is N#Cc1cc(NCCc2ccc(Br)s2)ncn1. The van der Waals surface area contributed by atoms with Gasteiger partial charge in [0.25, 0.3) is 0 Å². The Balaban J connectivity index is 1.88. The topological polar surface area (TPSA) is 61.6 Å². The minimum atomic E-state index is 0.376. The number of hydrogen-bond donors (Lipinski definition) is 1. The molecule has 0 saturated carbocycles. The van der Waals surface area contributed by atoms with Crippen molar-refractivity contribution < 1.29 is 0 Å². The first-order valence-electron chi connectivity index (χ1n) is 4.98. The minimum absolute atomic E-state index is 0.376. The Bertz CT molecular complexity index is 546. The molecule has 0 atom stereocenters. The summed E-state index contributed by atoms with van der Waals surface area (Å²) in [5.74, 6) is 0.687. The Hall–Kier alpha value is -1.45. The van der Waals surface area contributed by atoms with E-state index in [2.05, 4.69) is 37.3 Å². The van der Waals surface area contributed by atoms with Crippen LogP contribution >= 0.6 is 27.3 Å². The Morgan fingerprint density at radius 2 is 2.29 bits per heavy atom. The molecule has 2 aromatic heterocycles. The van der Waals surface area contributed by atoms with Crippen LogP contribution in [0.2, 0.25) is 0 Å². The summed E-state index contributed by atoms with van der Waals surface area (Å²) in [6, 6.07) is 7.76. The highest BCUT2D eigenvalue weighted by Crippen LogP contribution is 2.22. The Morgan fingerprint density at radius 3 is 3.00 bits per heavy atom. The predicted octanol–water partition coefficient (Wildman–Crippen LogP) is 2.83. The zero-order valence-corrected chi connectivity index (χ0v) is 11.3. The molecular weight excluding hydrogens is 300 g/mol. The van der Waals surface area contributed by atoms with E-state index in [4.69, 9.17) is 5.26 Å². The van der Waals surface area contributed by atoms with Crippen LogP contribution in [0.1, 0.15) is 10.6 Å². The van der Waals surface area contributed by atoms with Crippen LogP contribution in [0.15, 0.2) is 28.3 Å². The maximum absolute atomic E-state index is 8.70. The second-order valence-electron chi connectivity index (χ2n) is 3.28. The lowest BCUT2D eigenvalue weighted by Gasteiger charge is -2.03. The second kappa shape index (κ2) is 5.75. The highest BCUT2D eigenvalue weighted by atomic mass is 79.9. The molecule has 0 unspecified atom stereocenters. The highest BCUT2D eigenvalue weighted by Gasteiger charge is 1.99. The lowest BCUT2D eigenvalue weighted by Crippen LogP contribution is -2.05. The van der Waals surface area contributed by atoms with Gasteiger partial charge in [-0.05, 0) is 34.5 Å². The third kappa shape index (κ3) is 3.51. The molecule has 0 spiro atoms. The van der Waals surface area contributed by atoms with Gasteiger partial charge in [0.2, 0.25) is 0 Å². The molecule has 0 aromatic carbocycles. The van der Waals surface area contributed by atoms with Crippen LogP contribution in [0.25, 0.3) is 0 Å². The van der Waals surface area contributed by atoms with Crippen molar-refractivity contribution in [3.8, 4) is 6.07 Å². The van der Waals surface area contributed by atoms with Gasteiger partial charge in [-0.25, -0.2) is 9.97 Å². The standard InChI is InChI=1S/C11H9BrN4S/c12-10-2-1-9(17-10)3-4-14-11-5-8(6-13)15-7-16-11/h1-2,5,7H,3-4H2,(H,14,15,16). The summed E-state index contributed by atoms with van der Waals surface area (Å²) in [6.45, 7) is 0.787. The lowest BCUT2D eigenvalue weighted by molar-refractivity contribution is 1.01. The van der Waals surface area contributed by atoms with Gasteiger partial charge in [-0.15, -0.1) is 11.3 Å². The van der Waals surface area contributed by atoms with Gasteiger partial charge in [0.15, 0.2) is 0 Å². The van der Waals surface area contributed by atoms with Gasteiger partial charge in [0, 0.05) is 17.5 Å². The van der Waals surface area contributed by atoms with Crippen LogP contribution in [-0.4, -0.2) is 16.5 Å². The largest absolute Gasteiger partial charge is 0.370 e. The van der Waals surface area contributed by atoms with E-state index < -0.39 is 0 Å². The highest BCUT2D eigenvalue weighted by molar-refractivity contribution is 9.11. The number of aromatic nitrogens is 2. The van der Waals surface area contributed by atoms with Crippen molar-refractivity contribution >= 4 is 33.1 Å². The van der Waals surface area contributed by atoms with Gasteiger partial charge >= 0.3 is 0 Å². The minimum Gasteiger partial charge on any atom is -0.370 e. The number of rotatable bonds is 4. The van der Waals surface area contributed by atoms with Crippen LogP contribution in [0.5, 0.6) is 0 Å². The zero-order valence-electron chi connectivity index (χ0n) is 8.85. The van der Waals surface area contributed by atoms with E-state index in [1.807, 2.05) is 12.1 Å². The van der Waals surface area contributed by atoms with Crippen molar-refractivity contribution in [1.29, 1.82) is 5.26 Å². The Kier molecular flexibility index (Phi) is 4.07. The first-order valence-corrected chi connectivity index (χ1v) is 6.59. The van der Waals surface area contributed by atoms with Crippen molar-refractivity contribution in [1.82, 2.24) is 9.97 Å². The van der Waals surface area contributed by atoms with Crippen LogP contribution < -0.4 is 5.32 Å². The molecule has 2 heterocycles. The van der Waals surface area contributed by atoms with Gasteiger partial charge in [0.05, 0.1) is 3.79 Å². The van der Waals surface area contributed by atoms with Gasteiger partial charge in [-0.2, -0.15) is 5.26 Å². The van der Waals surface area contributed by atoms with Crippen LogP contribution in [-0.2, 0) is 6.42 Å². The number of nitrogens with zero attached hydrogens (tertiary/aromatic N) is 3. The molecule has 0 amide bonds. The van der Waals surface area contributed by atoms with E-state index in [9.17, 15) is 0 Å². The number of thiophene rings is 1. The average molecular weight is 309 g/mol. The maximum Gasteiger partial charge on any atom is 0.145 e. The first-order chi connectivity index (χ1) is 8.28. The Labute approximate surface area is 111 Å². The van der Waals surface area contributed by atoms with Crippen LogP contribution in [0.4, 0.5) is 5.82 Å². The number of nitriles is 1. The average Bonchev–Trinajstić information content (AvgIpc) is 2.75. The molecular formula is C11H9BrN4S. The number of hydrogen-bond acceptors (Lipinski definition) is 5. The van der Waals surface area contributed by atoms with Gasteiger partial charge in [0.1, 0.15) is 23.9 Å². The quantitative estimate of drug-likeness (QED) is 0.943. The van der Waals surface area contributed by atoms with Crippen molar-refractivity contribution in [2.24, 2.45) is 0 Å². The molecule has 0 aliphatic rings. The lowest BCUT2D eigenvalue weighted by atomic mass is 10.3. The van der Waals surface area contributed by atoms with E-state index in [-0.39, 0.29) is 0 Å². The molecule has 0 aliphatic heterocycles. The van der Waals surface area contributed by atoms with Crippen molar-refractivity contribution in [2.45, 2.75) is 6.42 Å². The molecule has 86 valence electrons. The molecule has 0 radical (unpaired) electrons. The molecule has 1 N–H and O–H groups in total. The maximum atomic E-state index is 8.70. The van der Waals surface area contributed by atoms with Gasteiger partial charge in [-0.3, -0.25) is 0 Å². The molecule has 2 rings (SSSR count). The van der Waals surface area contributed by atoms with Crippen LogP contribution in [0.3, 0.4) is 0 Å². The monoisotopic (exact) mass is 308 g/mol. The van der Waals surface area contributed by atoms with Crippen molar-refractivity contribution in [2.75, 3.05) is 11.9 Å². The summed E-state index contributed by atoms with van der Waals surface area (Å²) in [6.07, 6.45) is 2.32. The summed E-state index contributed by atoms with van der Waals surface area (Å²) >= 11 is 5.15. The third-order valence-electron chi connectivity index (χ3n) is 2.09. The summed E-state index contributed by atoms with van der Waals surface area (Å²) in [5, 5.41) is 11.9. The second-order valence-corrected chi connectivity index (χ2v) is 5.83. The summed E-state index contributed by atoms with van der Waals surface area (Å²) < 4.78 is 1.14. The first kappa shape index (κ1) is 12.0. The van der Waals surface area contributed by atoms with E-state index in [0.717, 1.165) is 16.8 Å². The molecule has 17 heavy (non-hydrogen) atoms. The summed E-state index contributed by atoms with van der Waals surface area (Å²) in [7, 11) is 0. The van der Waals surface area contributed by atoms with Gasteiger partial charge < -0.3 is 5.32 Å². The molecule has 0 fully saturated rings. The molecule has 4 nitrogen and oxygen atoms in total. The molecule has 2 aromatic rings. The zero-order chi connectivity index (χ0) is 12.1. The van der Waals surface area contributed by atoms with Crippen molar-refractivity contribution in [3.05, 3.63) is 38.9 Å². The number of halogens is 1. The molecule has 0 saturated heterocycles.